The van der Waals surface area contributed by atoms with Crippen LogP contribution in [0, 0.1) is 5.82 Å². The van der Waals surface area contributed by atoms with Crippen LogP contribution in [0.4, 0.5) is 10.2 Å². The van der Waals surface area contributed by atoms with E-state index in [1.807, 2.05) is 18.2 Å². The summed E-state index contributed by atoms with van der Waals surface area (Å²) >= 11 is 3.18. The first-order valence-electron chi connectivity index (χ1n) is 5.09. The number of pyridine rings is 2. The molecule has 2 rings (SSSR count). The fourth-order valence-corrected chi connectivity index (χ4v) is 1.80. The van der Waals surface area contributed by atoms with E-state index in [9.17, 15) is 4.39 Å². The Morgan fingerprint density at radius 1 is 1.35 bits per heavy atom. The number of halogens is 2. The highest BCUT2D eigenvalue weighted by Crippen LogP contribution is 2.19. The summed E-state index contributed by atoms with van der Waals surface area (Å²) in [7, 11) is 1.79. The summed E-state index contributed by atoms with van der Waals surface area (Å²) in [5, 5.41) is 0. The fraction of sp³-hybridized carbons (Fsp3) is 0.167. The van der Waals surface area contributed by atoms with Crippen molar-refractivity contribution in [3.63, 3.8) is 0 Å². The van der Waals surface area contributed by atoms with Crippen LogP contribution in [0.1, 0.15) is 5.69 Å². The Bertz CT molecular complexity index is 504. The number of hydrogen-bond donors (Lipinski definition) is 0. The average molecular weight is 296 g/mol. The molecule has 0 saturated carbocycles. The molecule has 3 nitrogen and oxygen atoms in total. The van der Waals surface area contributed by atoms with Crippen LogP contribution in [0.3, 0.4) is 0 Å². The minimum absolute atomic E-state index is 0.318. The maximum atomic E-state index is 13.6. The van der Waals surface area contributed by atoms with Crippen LogP contribution >= 0.6 is 15.9 Å². The third-order valence-corrected chi connectivity index (χ3v) is 2.71. The molecule has 0 unspecified atom stereocenters. The molecule has 17 heavy (non-hydrogen) atoms. The number of nitrogens with zero attached hydrogens (tertiary/aromatic N) is 3. The van der Waals surface area contributed by atoms with Crippen molar-refractivity contribution in [3.8, 4) is 0 Å². The SMILES string of the molecule is CN(Cc1ccccn1)c1ncc(Br)cc1F. The molecule has 2 aromatic heterocycles. The zero-order valence-corrected chi connectivity index (χ0v) is 10.9. The average Bonchev–Trinajstić information content (AvgIpc) is 2.30. The molecule has 88 valence electrons. The molecule has 0 atom stereocenters. The van der Waals surface area contributed by atoms with Crippen molar-refractivity contribution >= 4 is 21.7 Å². The first kappa shape index (κ1) is 12.0. The fourth-order valence-electron chi connectivity index (χ4n) is 1.50. The van der Waals surface area contributed by atoms with Crippen LogP contribution in [0.2, 0.25) is 0 Å². The summed E-state index contributed by atoms with van der Waals surface area (Å²) in [6, 6.07) is 7.05. The molecular weight excluding hydrogens is 285 g/mol. The second-order valence-electron chi connectivity index (χ2n) is 3.64. The van der Waals surface area contributed by atoms with Gasteiger partial charge in [0.2, 0.25) is 0 Å². The minimum atomic E-state index is -0.349. The molecule has 0 amide bonds. The van der Waals surface area contributed by atoms with Crippen molar-refractivity contribution in [2.45, 2.75) is 6.54 Å². The Labute approximate surface area is 107 Å². The Hall–Kier alpha value is -1.49. The van der Waals surface area contributed by atoms with E-state index >= 15 is 0 Å². The van der Waals surface area contributed by atoms with Gasteiger partial charge in [0.15, 0.2) is 11.6 Å². The molecule has 0 aliphatic rings. The third-order valence-electron chi connectivity index (χ3n) is 2.28. The van der Waals surface area contributed by atoms with Gasteiger partial charge in [-0.1, -0.05) is 6.07 Å². The molecule has 2 heterocycles. The van der Waals surface area contributed by atoms with Gasteiger partial charge in [-0.2, -0.15) is 0 Å². The normalized spacial score (nSPS) is 10.3. The van der Waals surface area contributed by atoms with Crippen LogP contribution in [0.25, 0.3) is 0 Å². The van der Waals surface area contributed by atoms with Crippen LogP contribution in [-0.2, 0) is 6.54 Å². The van der Waals surface area contributed by atoms with Crippen LogP contribution in [0.5, 0.6) is 0 Å². The van der Waals surface area contributed by atoms with E-state index in [2.05, 4.69) is 25.9 Å². The molecule has 0 aliphatic carbocycles. The van der Waals surface area contributed by atoms with E-state index in [-0.39, 0.29) is 5.82 Å². The smallest absolute Gasteiger partial charge is 0.166 e. The summed E-state index contributed by atoms with van der Waals surface area (Å²) < 4.78 is 14.3. The van der Waals surface area contributed by atoms with Crippen molar-refractivity contribution in [3.05, 3.63) is 52.6 Å². The topological polar surface area (TPSA) is 29.0 Å². The van der Waals surface area contributed by atoms with E-state index < -0.39 is 0 Å². The van der Waals surface area contributed by atoms with E-state index in [0.29, 0.717) is 16.8 Å². The quantitative estimate of drug-likeness (QED) is 0.872. The monoisotopic (exact) mass is 295 g/mol. The van der Waals surface area contributed by atoms with Crippen LogP contribution in [0.15, 0.2) is 41.1 Å². The van der Waals surface area contributed by atoms with Gasteiger partial charge in [-0.3, -0.25) is 4.98 Å². The molecule has 0 spiro atoms. The van der Waals surface area contributed by atoms with Gasteiger partial charge in [-0.05, 0) is 34.1 Å². The maximum Gasteiger partial charge on any atom is 0.166 e. The van der Waals surface area contributed by atoms with Gasteiger partial charge in [-0.15, -0.1) is 0 Å². The Balaban J connectivity index is 2.17. The minimum Gasteiger partial charge on any atom is -0.351 e. The predicted octanol–water partition coefficient (Wildman–Crippen LogP) is 3.01. The molecule has 0 radical (unpaired) electrons. The lowest BCUT2D eigenvalue weighted by molar-refractivity contribution is 0.613. The highest BCUT2D eigenvalue weighted by molar-refractivity contribution is 9.10. The third kappa shape index (κ3) is 3.00. The Morgan fingerprint density at radius 2 is 2.18 bits per heavy atom. The number of hydrogen-bond acceptors (Lipinski definition) is 3. The molecule has 2 aromatic rings. The highest BCUT2D eigenvalue weighted by Gasteiger charge is 2.10. The standard InChI is InChI=1S/C12H11BrFN3/c1-17(8-10-4-2-3-5-15-10)12-11(14)6-9(13)7-16-12/h2-7H,8H2,1H3. The van der Waals surface area contributed by atoms with Gasteiger partial charge < -0.3 is 4.90 Å². The van der Waals surface area contributed by atoms with Crippen molar-refractivity contribution in [1.29, 1.82) is 0 Å². The zero-order chi connectivity index (χ0) is 12.3. The van der Waals surface area contributed by atoms with Crippen molar-refractivity contribution in [1.82, 2.24) is 9.97 Å². The summed E-state index contributed by atoms with van der Waals surface area (Å²) in [4.78, 5) is 9.97. The first-order valence-corrected chi connectivity index (χ1v) is 5.88. The van der Waals surface area contributed by atoms with E-state index in [0.717, 1.165) is 5.69 Å². The summed E-state index contributed by atoms with van der Waals surface area (Å²) in [6.45, 7) is 0.520. The summed E-state index contributed by atoms with van der Waals surface area (Å²) in [5.41, 5.74) is 0.874. The largest absolute Gasteiger partial charge is 0.351 e. The van der Waals surface area contributed by atoms with E-state index in [1.165, 1.54) is 6.07 Å². The first-order chi connectivity index (χ1) is 8.16. The number of rotatable bonds is 3. The lowest BCUT2D eigenvalue weighted by atomic mass is 10.3. The van der Waals surface area contributed by atoms with Crippen molar-refractivity contribution in [2.75, 3.05) is 11.9 Å². The molecule has 0 fully saturated rings. The van der Waals surface area contributed by atoms with Gasteiger partial charge in [0.05, 0.1) is 12.2 Å². The molecular formula is C12H11BrFN3. The van der Waals surface area contributed by atoms with Gasteiger partial charge in [0.25, 0.3) is 0 Å². The molecule has 0 bridgehead atoms. The summed E-state index contributed by atoms with van der Waals surface area (Å²) in [6.07, 6.45) is 3.29. The molecule has 0 aromatic carbocycles. The molecule has 0 saturated heterocycles. The molecule has 5 heteroatoms. The van der Waals surface area contributed by atoms with Gasteiger partial charge in [-0.25, -0.2) is 9.37 Å². The van der Waals surface area contributed by atoms with Crippen LogP contribution < -0.4 is 4.90 Å². The Morgan fingerprint density at radius 3 is 2.82 bits per heavy atom. The van der Waals surface area contributed by atoms with Crippen molar-refractivity contribution in [2.24, 2.45) is 0 Å². The molecule has 0 N–H and O–H groups in total. The second-order valence-corrected chi connectivity index (χ2v) is 4.55. The number of anilines is 1. The van der Waals surface area contributed by atoms with Gasteiger partial charge in [0, 0.05) is 23.9 Å². The lowest BCUT2D eigenvalue weighted by Gasteiger charge is -2.18. The summed E-state index contributed by atoms with van der Waals surface area (Å²) in [5.74, 6) is -0.0309. The van der Waals surface area contributed by atoms with E-state index in [4.69, 9.17) is 0 Å². The van der Waals surface area contributed by atoms with Crippen molar-refractivity contribution < 1.29 is 4.39 Å². The van der Waals surface area contributed by atoms with E-state index in [1.54, 1.807) is 24.3 Å². The number of aromatic nitrogens is 2. The second kappa shape index (κ2) is 5.23. The lowest BCUT2D eigenvalue weighted by Crippen LogP contribution is -2.19. The highest BCUT2D eigenvalue weighted by atomic mass is 79.9. The van der Waals surface area contributed by atoms with Gasteiger partial charge >= 0.3 is 0 Å². The zero-order valence-electron chi connectivity index (χ0n) is 9.27. The molecule has 0 aliphatic heterocycles. The Kier molecular flexibility index (Phi) is 3.68. The maximum absolute atomic E-state index is 13.6. The van der Waals surface area contributed by atoms with Gasteiger partial charge in [0.1, 0.15) is 0 Å². The van der Waals surface area contributed by atoms with Crippen LogP contribution in [-0.4, -0.2) is 17.0 Å². The predicted molar refractivity (Wildman–Crippen MR) is 68.2 cm³/mol.